The average Bonchev–Trinajstić information content (AvgIpc) is 2.88. The number of hydrogen-bond acceptors (Lipinski definition) is 5. The van der Waals surface area contributed by atoms with Crippen LogP contribution in [0.25, 0.3) is 0 Å². The van der Waals surface area contributed by atoms with Gasteiger partial charge in [-0.15, -0.1) is 0 Å². The number of nitrogens with zero attached hydrogens (tertiary/aromatic N) is 2. The second-order valence-corrected chi connectivity index (χ2v) is 4.76. The number of aryl methyl sites for hydroxylation is 1. The molecule has 0 bridgehead atoms. The zero-order valence-electron chi connectivity index (χ0n) is 11.5. The lowest BCUT2D eigenvalue weighted by Gasteiger charge is -2.28. The van der Waals surface area contributed by atoms with E-state index >= 15 is 0 Å². The third kappa shape index (κ3) is 4.04. The molecule has 1 aromatic heterocycles. The van der Waals surface area contributed by atoms with Gasteiger partial charge >= 0.3 is 5.97 Å². The summed E-state index contributed by atoms with van der Waals surface area (Å²) in [6.07, 6.45) is 0.677. The lowest BCUT2D eigenvalue weighted by molar-refractivity contribution is 0.000115. The summed E-state index contributed by atoms with van der Waals surface area (Å²) in [7, 11) is 0. The van der Waals surface area contributed by atoms with E-state index in [1.165, 1.54) is 0 Å². The van der Waals surface area contributed by atoms with Crippen LogP contribution >= 0.6 is 0 Å². The number of hydrogen-bond donors (Lipinski definition) is 1. The molecule has 2 rings (SSSR count). The number of carbonyl (C=O) groups excluding carboxylic acids is 1. The van der Waals surface area contributed by atoms with E-state index in [-0.39, 0.29) is 12.1 Å². The first-order chi connectivity index (χ1) is 9.19. The molecule has 0 unspecified atom stereocenters. The molecular weight excluding hydrogens is 246 g/mol. The van der Waals surface area contributed by atoms with Crippen LogP contribution in [-0.2, 0) is 15.9 Å². The number of ether oxygens (including phenoxy) is 2. The molecule has 0 aliphatic carbocycles. The molecule has 0 radical (unpaired) electrons. The Labute approximate surface area is 113 Å². The predicted octanol–water partition coefficient (Wildman–Crippen LogP) is 0.850. The van der Waals surface area contributed by atoms with Crippen molar-refractivity contribution in [1.29, 1.82) is 0 Å². The van der Waals surface area contributed by atoms with Crippen LogP contribution in [-0.4, -0.2) is 60.0 Å². The summed E-state index contributed by atoms with van der Waals surface area (Å²) in [5.41, 5.74) is 1.29. The molecule has 6 heteroatoms. The van der Waals surface area contributed by atoms with Crippen LogP contribution in [0.4, 0.5) is 0 Å². The topological polar surface area (TPSA) is 67.4 Å². The van der Waals surface area contributed by atoms with Crippen LogP contribution in [0.1, 0.15) is 30.0 Å². The van der Waals surface area contributed by atoms with Gasteiger partial charge in [0, 0.05) is 25.3 Å². The van der Waals surface area contributed by atoms with Gasteiger partial charge in [0.2, 0.25) is 0 Å². The second kappa shape index (κ2) is 6.68. The molecule has 1 aliphatic rings. The normalized spacial score (nSPS) is 18.2. The van der Waals surface area contributed by atoms with Crippen LogP contribution in [0.3, 0.4) is 0 Å². The molecule has 0 aromatic carbocycles. The molecule has 1 aromatic rings. The molecule has 0 amide bonds. The smallest absolute Gasteiger partial charge is 0.359 e. The Morgan fingerprint density at radius 2 is 2.32 bits per heavy atom. The number of esters is 1. The van der Waals surface area contributed by atoms with Gasteiger partial charge < -0.3 is 9.47 Å². The van der Waals surface area contributed by atoms with Gasteiger partial charge in [-0.25, -0.2) is 4.79 Å². The maximum Gasteiger partial charge on any atom is 0.359 e. The Bertz CT molecular complexity index is 413. The molecule has 0 spiro atoms. The van der Waals surface area contributed by atoms with Crippen molar-refractivity contribution in [3.8, 4) is 0 Å². The van der Waals surface area contributed by atoms with Gasteiger partial charge in [0.1, 0.15) is 6.10 Å². The Morgan fingerprint density at radius 1 is 1.58 bits per heavy atom. The molecule has 1 aliphatic heterocycles. The van der Waals surface area contributed by atoms with E-state index in [1.54, 1.807) is 6.07 Å². The maximum atomic E-state index is 11.9. The highest BCUT2D eigenvalue weighted by Crippen LogP contribution is 2.06. The SMILES string of the molecule is CCc1cc(C(=O)O[C@@H](C)CN2CCOCC2)n[nH]1. The van der Waals surface area contributed by atoms with Crippen molar-refractivity contribution < 1.29 is 14.3 Å². The summed E-state index contributed by atoms with van der Waals surface area (Å²) < 4.78 is 10.7. The molecule has 1 fully saturated rings. The lowest BCUT2D eigenvalue weighted by atomic mass is 10.3. The predicted molar refractivity (Wildman–Crippen MR) is 70.1 cm³/mol. The molecule has 106 valence electrons. The number of nitrogens with one attached hydrogen (secondary N) is 1. The molecule has 2 heterocycles. The fourth-order valence-electron chi connectivity index (χ4n) is 2.08. The third-order valence-electron chi connectivity index (χ3n) is 3.15. The number of aromatic amines is 1. The maximum absolute atomic E-state index is 11.9. The zero-order chi connectivity index (χ0) is 13.7. The number of carbonyl (C=O) groups is 1. The minimum Gasteiger partial charge on any atom is -0.457 e. The van der Waals surface area contributed by atoms with E-state index in [4.69, 9.17) is 9.47 Å². The first-order valence-electron chi connectivity index (χ1n) is 6.74. The Morgan fingerprint density at radius 3 is 2.95 bits per heavy atom. The van der Waals surface area contributed by atoms with E-state index in [0.29, 0.717) is 5.69 Å². The van der Waals surface area contributed by atoms with Crippen molar-refractivity contribution in [2.75, 3.05) is 32.8 Å². The highest BCUT2D eigenvalue weighted by Gasteiger charge is 2.18. The summed E-state index contributed by atoms with van der Waals surface area (Å²) in [5, 5.41) is 6.77. The summed E-state index contributed by atoms with van der Waals surface area (Å²) in [6.45, 7) is 7.93. The molecule has 0 saturated carbocycles. The van der Waals surface area contributed by atoms with Crippen LogP contribution in [0.15, 0.2) is 6.07 Å². The fourth-order valence-corrected chi connectivity index (χ4v) is 2.08. The van der Waals surface area contributed by atoms with Gasteiger partial charge in [-0.3, -0.25) is 10.00 Å². The van der Waals surface area contributed by atoms with Crippen LogP contribution in [0.5, 0.6) is 0 Å². The molecular formula is C13H21N3O3. The minimum absolute atomic E-state index is 0.146. The first kappa shape index (κ1) is 14.0. The summed E-state index contributed by atoms with van der Waals surface area (Å²) in [5.74, 6) is -0.364. The number of aromatic nitrogens is 2. The van der Waals surface area contributed by atoms with Crippen LogP contribution in [0.2, 0.25) is 0 Å². The van der Waals surface area contributed by atoms with Gasteiger partial charge in [-0.1, -0.05) is 6.92 Å². The average molecular weight is 267 g/mol. The summed E-state index contributed by atoms with van der Waals surface area (Å²) >= 11 is 0. The molecule has 1 atom stereocenters. The third-order valence-corrected chi connectivity index (χ3v) is 3.15. The van der Waals surface area contributed by atoms with Gasteiger partial charge in [0.25, 0.3) is 0 Å². The highest BCUT2D eigenvalue weighted by atomic mass is 16.5. The Hall–Kier alpha value is -1.40. The second-order valence-electron chi connectivity index (χ2n) is 4.76. The van der Waals surface area contributed by atoms with E-state index in [0.717, 1.165) is 45.0 Å². The quantitative estimate of drug-likeness (QED) is 0.801. The van der Waals surface area contributed by atoms with Crippen molar-refractivity contribution >= 4 is 5.97 Å². The number of H-pyrrole nitrogens is 1. The molecule has 1 saturated heterocycles. The number of rotatable bonds is 5. The Balaban J connectivity index is 1.80. The van der Waals surface area contributed by atoms with Crippen LogP contribution in [0, 0.1) is 0 Å². The zero-order valence-corrected chi connectivity index (χ0v) is 11.5. The lowest BCUT2D eigenvalue weighted by Crippen LogP contribution is -2.41. The monoisotopic (exact) mass is 267 g/mol. The van der Waals surface area contributed by atoms with E-state index in [9.17, 15) is 4.79 Å². The largest absolute Gasteiger partial charge is 0.457 e. The fraction of sp³-hybridized carbons (Fsp3) is 0.692. The van der Waals surface area contributed by atoms with E-state index in [2.05, 4.69) is 15.1 Å². The van der Waals surface area contributed by atoms with Gasteiger partial charge in [0.05, 0.1) is 13.2 Å². The van der Waals surface area contributed by atoms with Crippen LogP contribution < -0.4 is 0 Å². The van der Waals surface area contributed by atoms with Crippen molar-refractivity contribution in [2.24, 2.45) is 0 Å². The van der Waals surface area contributed by atoms with Crippen molar-refractivity contribution in [3.63, 3.8) is 0 Å². The van der Waals surface area contributed by atoms with Crippen molar-refractivity contribution in [1.82, 2.24) is 15.1 Å². The molecule has 1 N–H and O–H groups in total. The van der Waals surface area contributed by atoms with Gasteiger partial charge in [0.15, 0.2) is 5.69 Å². The van der Waals surface area contributed by atoms with E-state index < -0.39 is 0 Å². The molecule has 19 heavy (non-hydrogen) atoms. The summed E-state index contributed by atoms with van der Waals surface area (Å²) in [4.78, 5) is 14.1. The highest BCUT2D eigenvalue weighted by molar-refractivity contribution is 5.87. The molecule has 6 nitrogen and oxygen atoms in total. The van der Waals surface area contributed by atoms with Gasteiger partial charge in [-0.05, 0) is 19.4 Å². The standard InChI is InChI=1S/C13H21N3O3/c1-3-11-8-12(15-14-11)13(17)19-10(2)9-16-4-6-18-7-5-16/h8,10H,3-7,9H2,1-2H3,(H,14,15)/t10-/m0/s1. The minimum atomic E-state index is -0.364. The summed E-state index contributed by atoms with van der Waals surface area (Å²) in [6, 6.07) is 1.74. The first-order valence-corrected chi connectivity index (χ1v) is 6.74. The van der Waals surface area contributed by atoms with Gasteiger partial charge in [-0.2, -0.15) is 5.10 Å². The van der Waals surface area contributed by atoms with E-state index in [1.807, 2.05) is 13.8 Å². The van der Waals surface area contributed by atoms with Crippen molar-refractivity contribution in [3.05, 3.63) is 17.5 Å². The van der Waals surface area contributed by atoms with Crippen molar-refractivity contribution in [2.45, 2.75) is 26.4 Å². The Kier molecular flexibility index (Phi) is 4.93. The number of morpholine rings is 1.